The van der Waals surface area contributed by atoms with Gasteiger partial charge in [-0.05, 0) is 46.6 Å². The van der Waals surface area contributed by atoms with Crippen LogP contribution in [-0.4, -0.2) is 12.6 Å². The number of hydrogen-bond acceptors (Lipinski definition) is 3. The number of nitrogens with one attached hydrogen (secondary N) is 1. The Bertz CT molecular complexity index is 631. The third-order valence-electron chi connectivity index (χ3n) is 2.91. The Balaban J connectivity index is 2.36. The normalized spacial score (nSPS) is 11.8. The van der Waals surface area contributed by atoms with E-state index in [0.29, 0.717) is 6.61 Å². The van der Waals surface area contributed by atoms with Crippen LogP contribution in [0.3, 0.4) is 0 Å². The molecule has 0 aliphatic carbocycles. The highest BCUT2D eigenvalue weighted by Crippen LogP contribution is 2.30. The molecule has 0 bridgehead atoms. The number of hydrogen-bond donors (Lipinski definition) is 1. The maximum Gasteiger partial charge on any atom is 0.333 e. The molecule has 0 heterocycles. The number of halogens is 2. The van der Waals surface area contributed by atoms with E-state index in [-0.39, 0.29) is 5.97 Å². The third-order valence-corrected chi connectivity index (χ3v) is 4.33. The smallest absolute Gasteiger partial charge is 0.333 e. The zero-order valence-electron chi connectivity index (χ0n) is 11.5. The van der Waals surface area contributed by atoms with Gasteiger partial charge in [-0.15, -0.1) is 0 Å². The Labute approximate surface area is 141 Å². The van der Waals surface area contributed by atoms with Crippen molar-refractivity contribution in [3.05, 3.63) is 63.0 Å². The quantitative estimate of drug-likeness (QED) is 0.707. The second kappa shape index (κ2) is 7.61. The van der Waals surface area contributed by atoms with Gasteiger partial charge in [-0.3, -0.25) is 0 Å². The van der Waals surface area contributed by atoms with Crippen LogP contribution in [0.25, 0.3) is 0 Å². The van der Waals surface area contributed by atoms with Crippen molar-refractivity contribution >= 4 is 43.5 Å². The Morgan fingerprint density at radius 2 is 1.71 bits per heavy atom. The molecule has 0 amide bonds. The Hall–Kier alpha value is -1.33. The monoisotopic (exact) mass is 411 g/mol. The van der Waals surface area contributed by atoms with Crippen molar-refractivity contribution in [3.63, 3.8) is 0 Å². The topological polar surface area (TPSA) is 38.3 Å². The molecular formula is C16H15Br2NO2. The molecule has 21 heavy (non-hydrogen) atoms. The standard InChI is InChI=1S/C16H15Br2NO2/c1-2-21-16(20)15(11-7-3-4-8-12(11)17)19-14-10-6-5-9-13(14)18/h3-10,15,19H,2H2,1H3. The van der Waals surface area contributed by atoms with E-state index in [2.05, 4.69) is 37.2 Å². The van der Waals surface area contributed by atoms with Gasteiger partial charge in [0.15, 0.2) is 6.04 Å². The molecule has 0 aliphatic rings. The first-order valence-electron chi connectivity index (χ1n) is 6.55. The molecule has 2 rings (SSSR count). The Morgan fingerprint density at radius 1 is 1.10 bits per heavy atom. The lowest BCUT2D eigenvalue weighted by Crippen LogP contribution is -2.24. The number of anilines is 1. The summed E-state index contributed by atoms with van der Waals surface area (Å²) in [5.41, 5.74) is 1.68. The number of carbonyl (C=O) groups is 1. The molecule has 1 atom stereocenters. The second-order valence-electron chi connectivity index (χ2n) is 4.33. The van der Waals surface area contributed by atoms with Gasteiger partial charge >= 0.3 is 5.97 Å². The van der Waals surface area contributed by atoms with Gasteiger partial charge in [0.05, 0.1) is 6.61 Å². The summed E-state index contributed by atoms with van der Waals surface area (Å²) >= 11 is 6.97. The average Bonchev–Trinajstić information content (AvgIpc) is 2.48. The molecule has 5 heteroatoms. The van der Waals surface area contributed by atoms with E-state index in [1.165, 1.54) is 0 Å². The van der Waals surface area contributed by atoms with E-state index in [0.717, 1.165) is 20.2 Å². The number of carbonyl (C=O) groups excluding carboxylic acids is 1. The molecule has 110 valence electrons. The van der Waals surface area contributed by atoms with Crippen LogP contribution < -0.4 is 5.32 Å². The highest BCUT2D eigenvalue weighted by atomic mass is 79.9. The van der Waals surface area contributed by atoms with E-state index in [9.17, 15) is 4.79 Å². The van der Waals surface area contributed by atoms with Crippen LogP contribution >= 0.6 is 31.9 Å². The van der Waals surface area contributed by atoms with Crippen molar-refractivity contribution in [1.29, 1.82) is 0 Å². The predicted molar refractivity (Wildman–Crippen MR) is 91.3 cm³/mol. The summed E-state index contributed by atoms with van der Waals surface area (Å²) in [7, 11) is 0. The van der Waals surface area contributed by atoms with E-state index in [1.54, 1.807) is 6.92 Å². The maximum absolute atomic E-state index is 12.3. The highest BCUT2D eigenvalue weighted by molar-refractivity contribution is 9.11. The molecule has 0 radical (unpaired) electrons. The van der Waals surface area contributed by atoms with Gasteiger partial charge in [-0.2, -0.15) is 0 Å². The van der Waals surface area contributed by atoms with E-state index >= 15 is 0 Å². The van der Waals surface area contributed by atoms with Gasteiger partial charge in [-0.25, -0.2) is 4.79 Å². The van der Waals surface area contributed by atoms with Crippen LogP contribution in [0.15, 0.2) is 57.5 Å². The maximum atomic E-state index is 12.3. The van der Waals surface area contributed by atoms with Crippen molar-refractivity contribution in [1.82, 2.24) is 0 Å². The lowest BCUT2D eigenvalue weighted by Gasteiger charge is -2.20. The number of benzene rings is 2. The first kappa shape index (κ1) is 16.0. The number of para-hydroxylation sites is 1. The van der Waals surface area contributed by atoms with Crippen molar-refractivity contribution in [2.24, 2.45) is 0 Å². The zero-order chi connectivity index (χ0) is 15.2. The van der Waals surface area contributed by atoms with Crippen LogP contribution in [-0.2, 0) is 9.53 Å². The summed E-state index contributed by atoms with van der Waals surface area (Å²) in [5, 5.41) is 3.24. The molecule has 2 aromatic rings. The number of esters is 1. The van der Waals surface area contributed by atoms with Crippen LogP contribution in [0, 0.1) is 0 Å². The molecule has 0 aromatic heterocycles. The molecule has 0 saturated carbocycles. The summed E-state index contributed by atoms with van der Waals surface area (Å²) in [6, 6.07) is 14.7. The van der Waals surface area contributed by atoms with E-state index in [4.69, 9.17) is 4.74 Å². The van der Waals surface area contributed by atoms with E-state index < -0.39 is 6.04 Å². The predicted octanol–water partition coefficient (Wildman–Crippen LogP) is 4.93. The fourth-order valence-electron chi connectivity index (χ4n) is 1.93. The number of ether oxygens (including phenoxy) is 1. The van der Waals surface area contributed by atoms with Crippen LogP contribution in [0.4, 0.5) is 5.69 Å². The van der Waals surface area contributed by atoms with Crippen LogP contribution in [0.2, 0.25) is 0 Å². The minimum atomic E-state index is -0.570. The molecule has 2 aromatic carbocycles. The molecule has 0 fully saturated rings. The molecule has 0 aliphatic heterocycles. The van der Waals surface area contributed by atoms with Crippen molar-refractivity contribution in [2.75, 3.05) is 11.9 Å². The average molecular weight is 413 g/mol. The van der Waals surface area contributed by atoms with Crippen molar-refractivity contribution in [2.45, 2.75) is 13.0 Å². The highest BCUT2D eigenvalue weighted by Gasteiger charge is 2.24. The van der Waals surface area contributed by atoms with Gasteiger partial charge in [0.2, 0.25) is 0 Å². The zero-order valence-corrected chi connectivity index (χ0v) is 14.6. The fourth-order valence-corrected chi connectivity index (χ4v) is 2.85. The number of rotatable bonds is 5. The summed E-state index contributed by atoms with van der Waals surface area (Å²) in [5.74, 6) is -0.305. The second-order valence-corrected chi connectivity index (χ2v) is 6.04. The third kappa shape index (κ3) is 4.08. The van der Waals surface area contributed by atoms with Crippen LogP contribution in [0.5, 0.6) is 0 Å². The summed E-state index contributed by atoms with van der Waals surface area (Å²) in [6.45, 7) is 2.14. The first-order valence-corrected chi connectivity index (χ1v) is 8.14. The van der Waals surface area contributed by atoms with Crippen molar-refractivity contribution < 1.29 is 9.53 Å². The largest absolute Gasteiger partial charge is 0.464 e. The summed E-state index contributed by atoms with van der Waals surface area (Å²) in [6.07, 6.45) is 0. The van der Waals surface area contributed by atoms with Gasteiger partial charge in [0.25, 0.3) is 0 Å². The lowest BCUT2D eigenvalue weighted by atomic mass is 10.1. The fraction of sp³-hybridized carbons (Fsp3) is 0.188. The summed E-state index contributed by atoms with van der Waals surface area (Å²) < 4.78 is 6.95. The molecular weight excluding hydrogens is 398 g/mol. The van der Waals surface area contributed by atoms with Gasteiger partial charge in [0.1, 0.15) is 0 Å². The molecule has 0 spiro atoms. The van der Waals surface area contributed by atoms with Crippen molar-refractivity contribution in [3.8, 4) is 0 Å². The van der Waals surface area contributed by atoms with E-state index in [1.807, 2.05) is 48.5 Å². The minimum absolute atomic E-state index is 0.305. The van der Waals surface area contributed by atoms with Gasteiger partial charge < -0.3 is 10.1 Å². The molecule has 0 saturated heterocycles. The van der Waals surface area contributed by atoms with Gasteiger partial charge in [-0.1, -0.05) is 46.3 Å². The minimum Gasteiger partial charge on any atom is -0.464 e. The van der Waals surface area contributed by atoms with Crippen LogP contribution in [0.1, 0.15) is 18.5 Å². The summed E-state index contributed by atoms with van der Waals surface area (Å²) in [4.78, 5) is 12.3. The Kier molecular flexibility index (Phi) is 5.82. The molecule has 1 unspecified atom stereocenters. The first-order chi connectivity index (χ1) is 10.1. The van der Waals surface area contributed by atoms with Gasteiger partial charge in [0, 0.05) is 14.6 Å². The molecule has 3 nitrogen and oxygen atoms in total. The lowest BCUT2D eigenvalue weighted by molar-refractivity contribution is -0.144. The molecule has 1 N–H and O–H groups in total. The Morgan fingerprint density at radius 3 is 2.33 bits per heavy atom. The SMILES string of the molecule is CCOC(=O)C(Nc1ccccc1Br)c1ccccc1Br.